The molecule has 1 atom stereocenters. The largest absolute Gasteiger partial charge is 0.401 e. The second kappa shape index (κ2) is 4.90. The van der Waals surface area contributed by atoms with E-state index in [1.165, 1.54) is 4.90 Å². The number of fused-ring (bicyclic) bond motifs is 1. The van der Waals surface area contributed by atoms with Gasteiger partial charge in [0.15, 0.2) is 0 Å². The molecular weight excluding hydrogens is 243 g/mol. The van der Waals surface area contributed by atoms with Gasteiger partial charge in [0.2, 0.25) is 0 Å². The average molecular weight is 259 g/mol. The van der Waals surface area contributed by atoms with E-state index in [4.69, 9.17) is 5.11 Å². The van der Waals surface area contributed by atoms with Crippen LogP contribution in [-0.4, -0.2) is 29.3 Å². The van der Waals surface area contributed by atoms with Gasteiger partial charge in [0.05, 0.1) is 13.2 Å². The highest BCUT2D eigenvalue weighted by Gasteiger charge is 2.35. The molecule has 0 spiro atoms. The molecule has 5 heteroatoms. The Morgan fingerprint density at radius 2 is 2.11 bits per heavy atom. The fourth-order valence-corrected chi connectivity index (χ4v) is 2.48. The molecule has 0 radical (unpaired) electrons. The van der Waals surface area contributed by atoms with E-state index in [1.54, 1.807) is 13.0 Å². The summed E-state index contributed by atoms with van der Waals surface area (Å²) < 4.78 is 37.3. The van der Waals surface area contributed by atoms with E-state index in [1.807, 2.05) is 12.1 Å². The molecule has 18 heavy (non-hydrogen) atoms. The Bertz CT molecular complexity index is 431. The molecule has 0 aromatic heterocycles. The molecule has 1 aliphatic rings. The van der Waals surface area contributed by atoms with Gasteiger partial charge >= 0.3 is 6.18 Å². The quantitative estimate of drug-likeness (QED) is 0.882. The summed E-state index contributed by atoms with van der Waals surface area (Å²) in [5, 5.41) is 9.05. The maximum atomic E-state index is 12.4. The molecule has 1 aromatic carbocycles. The smallest absolute Gasteiger partial charge is 0.392 e. The minimum atomic E-state index is -4.16. The Hall–Kier alpha value is -1.07. The fourth-order valence-electron chi connectivity index (χ4n) is 2.48. The Morgan fingerprint density at radius 3 is 2.72 bits per heavy atom. The van der Waals surface area contributed by atoms with Crippen LogP contribution in [0, 0.1) is 0 Å². The van der Waals surface area contributed by atoms with E-state index in [0.29, 0.717) is 13.0 Å². The van der Waals surface area contributed by atoms with Crippen LogP contribution in [0.1, 0.15) is 29.7 Å². The van der Waals surface area contributed by atoms with Gasteiger partial charge in [-0.2, -0.15) is 13.2 Å². The minimum Gasteiger partial charge on any atom is -0.392 e. The van der Waals surface area contributed by atoms with Crippen molar-refractivity contribution in [1.29, 1.82) is 0 Å². The van der Waals surface area contributed by atoms with Crippen LogP contribution in [0.25, 0.3) is 0 Å². The number of nitrogens with zero attached hydrogens (tertiary/aromatic N) is 1. The van der Waals surface area contributed by atoms with Crippen molar-refractivity contribution in [3.05, 3.63) is 34.9 Å². The molecule has 1 heterocycles. The summed E-state index contributed by atoms with van der Waals surface area (Å²) in [7, 11) is 0. The molecule has 1 aromatic rings. The fraction of sp³-hybridized carbons (Fsp3) is 0.538. The Labute approximate surface area is 104 Å². The maximum absolute atomic E-state index is 12.4. The van der Waals surface area contributed by atoms with Crippen molar-refractivity contribution in [2.24, 2.45) is 0 Å². The number of hydrogen-bond acceptors (Lipinski definition) is 2. The molecule has 1 aliphatic heterocycles. The van der Waals surface area contributed by atoms with E-state index in [-0.39, 0.29) is 12.6 Å². The standard InChI is InChI=1S/C13H16F3NO/c1-9-12-3-2-10(7-18)6-11(12)4-5-17(9)8-13(14,15)16/h2-3,6,9,18H,4-5,7-8H2,1H3. The lowest BCUT2D eigenvalue weighted by atomic mass is 9.92. The predicted octanol–water partition coefficient (Wildman–Crippen LogP) is 2.66. The zero-order valence-electron chi connectivity index (χ0n) is 10.2. The summed E-state index contributed by atoms with van der Waals surface area (Å²) in [5.41, 5.74) is 2.79. The highest BCUT2D eigenvalue weighted by atomic mass is 19.4. The summed E-state index contributed by atoms with van der Waals surface area (Å²) in [5.74, 6) is 0. The van der Waals surface area contributed by atoms with Gasteiger partial charge in [-0.3, -0.25) is 4.90 Å². The van der Waals surface area contributed by atoms with Gasteiger partial charge in [-0.25, -0.2) is 0 Å². The van der Waals surface area contributed by atoms with Crippen molar-refractivity contribution in [2.45, 2.75) is 32.2 Å². The van der Waals surface area contributed by atoms with E-state index in [0.717, 1.165) is 16.7 Å². The number of hydrogen-bond donors (Lipinski definition) is 1. The van der Waals surface area contributed by atoms with Gasteiger partial charge in [0.1, 0.15) is 0 Å². The lowest BCUT2D eigenvalue weighted by molar-refractivity contribution is -0.151. The first-order valence-corrected chi connectivity index (χ1v) is 5.94. The lowest BCUT2D eigenvalue weighted by Crippen LogP contribution is -2.40. The molecule has 0 aliphatic carbocycles. The molecule has 0 amide bonds. The van der Waals surface area contributed by atoms with Gasteiger partial charge in [-0.1, -0.05) is 18.2 Å². The minimum absolute atomic E-state index is 0.0338. The summed E-state index contributed by atoms with van der Waals surface area (Å²) in [4.78, 5) is 1.45. The first-order valence-electron chi connectivity index (χ1n) is 5.94. The molecule has 1 unspecified atom stereocenters. The van der Waals surface area contributed by atoms with E-state index in [9.17, 15) is 13.2 Å². The number of aliphatic hydroxyl groups excluding tert-OH is 1. The normalized spacial score (nSPS) is 20.8. The lowest BCUT2D eigenvalue weighted by Gasteiger charge is -2.35. The maximum Gasteiger partial charge on any atom is 0.401 e. The molecule has 0 saturated carbocycles. The van der Waals surface area contributed by atoms with Gasteiger partial charge in [-0.05, 0) is 30.0 Å². The first-order chi connectivity index (χ1) is 8.40. The highest BCUT2D eigenvalue weighted by molar-refractivity contribution is 5.35. The second-order valence-electron chi connectivity index (χ2n) is 4.70. The van der Waals surface area contributed by atoms with Gasteiger partial charge < -0.3 is 5.11 Å². The van der Waals surface area contributed by atoms with Gasteiger partial charge in [0.25, 0.3) is 0 Å². The molecular formula is C13H16F3NO. The van der Waals surface area contributed by atoms with Crippen LogP contribution in [0.2, 0.25) is 0 Å². The third-order valence-electron chi connectivity index (χ3n) is 3.44. The van der Waals surface area contributed by atoms with Crippen LogP contribution in [0.3, 0.4) is 0 Å². The molecule has 0 bridgehead atoms. The summed E-state index contributed by atoms with van der Waals surface area (Å²) in [6.45, 7) is 1.30. The van der Waals surface area contributed by atoms with Crippen LogP contribution in [-0.2, 0) is 13.0 Å². The van der Waals surface area contributed by atoms with Crippen molar-refractivity contribution in [3.63, 3.8) is 0 Å². The summed E-state index contributed by atoms with van der Waals surface area (Å²) in [6.07, 6.45) is -3.56. The summed E-state index contributed by atoms with van der Waals surface area (Å²) >= 11 is 0. The predicted molar refractivity (Wildman–Crippen MR) is 62.1 cm³/mol. The third-order valence-corrected chi connectivity index (χ3v) is 3.44. The molecule has 1 N–H and O–H groups in total. The van der Waals surface area contributed by atoms with Crippen molar-refractivity contribution < 1.29 is 18.3 Å². The Kier molecular flexibility index (Phi) is 3.64. The average Bonchev–Trinajstić information content (AvgIpc) is 2.31. The zero-order valence-corrected chi connectivity index (χ0v) is 10.2. The van der Waals surface area contributed by atoms with Crippen molar-refractivity contribution in [3.8, 4) is 0 Å². The molecule has 0 fully saturated rings. The SMILES string of the molecule is CC1c2ccc(CO)cc2CCN1CC(F)(F)F. The third kappa shape index (κ3) is 2.84. The van der Waals surface area contributed by atoms with Crippen molar-refractivity contribution >= 4 is 0 Å². The van der Waals surface area contributed by atoms with E-state index < -0.39 is 12.7 Å². The first kappa shape index (κ1) is 13.4. The number of aliphatic hydroxyl groups is 1. The Morgan fingerprint density at radius 1 is 1.39 bits per heavy atom. The Balaban J connectivity index is 2.20. The number of halogens is 3. The second-order valence-corrected chi connectivity index (χ2v) is 4.70. The number of rotatable bonds is 2. The van der Waals surface area contributed by atoms with Gasteiger partial charge in [-0.15, -0.1) is 0 Å². The van der Waals surface area contributed by atoms with E-state index >= 15 is 0 Å². The summed E-state index contributed by atoms with van der Waals surface area (Å²) in [6, 6.07) is 5.25. The van der Waals surface area contributed by atoms with Crippen LogP contribution in [0.4, 0.5) is 13.2 Å². The topological polar surface area (TPSA) is 23.5 Å². The van der Waals surface area contributed by atoms with Crippen LogP contribution >= 0.6 is 0 Å². The van der Waals surface area contributed by atoms with Crippen LogP contribution in [0.5, 0.6) is 0 Å². The van der Waals surface area contributed by atoms with Crippen molar-refractivity contribution in [2.75, 3.05) is 13.1 Å². The number of alkyl halides is 3. The monoisotopic (exact) mass is 259 g/mol. The molecule has 100 valence electrons. The number of benzene rings is 1. The van der Waals surface area contributed by atoms with Crippen molar-refractivity contribution in [1.82, 2.24) is 4.90 Å². The van der Waals surface area contributed by atoms with Crippen LogP contribution < -0.4 is 0 Å². The molecule has 0 saturated heterocycles. The van der Waals surface area contributed by atoms with E-state index in [2.05, 4.69) is 0 Å². The molecule has 2 rings (SSSR count). The van der Waals surface area contributed by atoms with Gasteiger partial charge in [0, 0.05) is 12.6 Å². The zero-order chi connectivity index (χ0) is 13.3. The molecule has 2 nitrogen and oxygen atoms in total. The van der Waals surface area contributed by atoms with Crippen LogP contribution in [0.15, 0.2) is 18.2 Å². The highest BCUT2D eigenvalue weighted by Crippen LogP contribution is 2.32.